The molecule has 1 N–H and O–H groups in total. The van der Waals surface area contributed by atoms with Crippen LogP contribution in [-0.4, -0.2) is 88.5 Å². The second kappa shape index (κ2) is 13.1. The predicted octanol–water partition coefficient (Wildman–Crippen LogP) is 1.90. The molecule has 2 unspecified atom stereocenters. The van der Waals surface area contributed by atoms with Crippen LogP contribution in [0.1, 0.15) is 26.7 Å². The molecule has 2 saturated heterocycles. The standard InChI is InChI=1S/C18H36N4O2.HI/c1-4-19-18(20-12-16-6-8-21(5-2)13-16)22-9-7-17(14-22)15-24-11-10-23-3;/h16-17H,4-15H2,1-3H3,(H,19,20);1H. The Balaban J connectivity index is 0.00000312. The minimum atomic E-state index is 0. The van der Waals surface area contributed by atoms with Crippen molar-refractivity contribution in [1.29, 1.82) is 0 Å². The highest BCUT2D eigenvalue weighted by atomic mass is 127. The number of ether oxygens (including phenoxy) is 2. The lowest BCUT2D eigenvalue weighted by Gasteiger charge is -2.22. The molecule has 6 nitrogen and oxygen atoms in total. The lowest BCUT2D eigenvalue weighted by molar-refractivity contribution is 0.0536. The van der Waals surface area contributed by atoms with Crippen molar-refractivity contribution < 1.29 is 9.47 Å². The van der Waals surface area contributed by atoms with Gasteiger partial charge in [0.05, 0.1) is 19.8 Å². The summed E-state index contributed by atoms with van der Waals surface area (Å²) in [6.07, 6.45) is 2.47. The number of halogens is 1. The second-order valence-electron chi connectivity index (χ2n) is 6.91. The van der Waals surface area contributed by atoms with E-state index in [4.69, 9.17) is 14.5 Å². The van der Waals surface area contributed by atoms with Gasteiger partial charge in [-0.1, -0.05) is 6.92 Å². The van der Waals surface area contributed by atoms with Crippen LogP contribution in [0.5, 0.6) is 0 Å². The van der Waals surface area contributed by atoms with Crippen LogP contribution in [0.2, 0.25) is 0 Å². The molecule has 2 rings (SSSR count). The van der Waals surface area contributed by atoms with Crippen molar-refractivity contribution in [2.24, 2.45) is 16.8 Å². The number of aliphatic imine (C=N–C) groups is 1. The predicted molar refractivity (Wildman–Crippen MR) is 114 cm³/mol. The Labute approximate surface area is 170 Å². The summed E-state index contributed by atoms with van der Waals surface area (Å²) in [5.74, 6) is 2.41. The zero-order valence-electron chi connectivity index (χ0n) is 16.2. The molecular formula is C18H37IN4O2. The fraction of sp³-hybridized carbons (Fsp3) is 0.944. The van der Waals surface area contributed by atoms with E-state index in [9.17, 15) is 0 Å². The third-order valence-corrected chi connectivity index (χ3v) is 5.02. The maximum atomic E-state index is 5.69. The molecule has 0 aliphatic carbocycles. The van der Waals surface area contributed by atoms with Gasteiger partial charge in [0, 0.05) is 45.8 Å². The summed E-state index contributed by atoms with van der Waals surface area (Å²) < 4.78 is 10.7. The lowest BCUT2D eigenvalue weighted by Crippen LogP contribution is -2.40. The number of likely N-dealkylation sites (tertiary alicyclic amines) is 2. The molecule has 0 spiro atoms. The van der Waals surface area contributed by atoms with Crippen molar-refractivity contribution in [2.75, 3.05) is 72.7 Å². The number of rotatable bonds is 9. The highest BCUT2D eigenvalue weighted by Gasteiger charge is 2.26. The van der Waals surface area contributed by atoms with Crippen molar-refractivity contribution in [3.05, 3.63) is 0 Å². The van der Waals surface area contributed by atoms with Gasteiger partial charge >= 0.3 is 0 Å². The molecule has 2 aliphatic heterocycles. The van der Waals surface area contributed by atoms with Gasteiger partial charge in [0.25, 0.3) is 0 Å². The van der Waals surface area contributed by atoms with Crippen LogP contribution in [-0.2, 0) is 9.47 Å². The van der Waals surface area contributed by atoms with Crippen LogP contribution >= 0.6 is 24.0 Å². The second-order valence-corrected chi connectivity index (χ2v) is 6.91. The normalized spacial score (nSPS) is 24.6. The summed E-state index contributed by atoms with van der Waals surface area (Å²) >= 11 is 0. The van der Waals surface area contributed by atoms with Crippen LogP contribution in [0, 0.1) is 11.8 Å². The van der Waals surface area contributed by atoms with E-state index in [1.165, 1.54) is 25.9 Å². The Morgan fingerprint density at radius 2 is 1.92 bits per heavy atom. The fourth-order valence-electron chi connectivity index (χ4n) is 3.54. The smallest absolute Gasteiger partial charge is 0.193 e. The molecule has 0 aromatic heterocycles. The highest BCUT2D eigenvalue weighted by molar-refractivity contribution is 14.0. The van der Waals surface area contributed by atoms with E-state index >= 15 is 0 Å². The maximum Gasteiger partial charge on any atom is 0.193 e. The Morgan fingerprint density at radius 1 is 1.12 bits per heavy atom. The average molecular weight is 468 g/mol. The number of hydrogen-bond acceptors (Lipinski definition) is 4. The van der Waals surface area contributed by atoms with Gasteiger partial charge in [-0.05, 0) is 38.8 Å². The van der Waals surface area contributed by atoms with E-state index in [1.807, 2.05) is 0 Å². The van der Waals surface area contributed by atoms with Crippen molar-refractivity contribution in [2.45, 2.75) is 26.7 Å². The summed E-state index contributed by atoms with van der Waals surface area (Å²) in [4.78, 5) is 9.86. The van der Waals surface area contributed by atoms with Crippen molar-refractivity contribution in [3.8, 4) is 0 Å². The molecule has 0 bridgehead atoms. The number of guanidine groups is 1. The summed E-state index contributed by atoms with van der Waals surface area (Å²) in [5, 5.41) is 3.47. The first-order valence-electron chi connectivity index (χ1n) is 9.59. The van der Waals surface area contributed by atoms with Crippen LogP contribution in [0.3, 0.4) is 0 Å². The topological polar surface area (TPSA) is 49.3 Å². The molecular weight excluding hydrogens is 431 g/mol. The minimum absolute atomic E-state index is 0. The van der Waals surface area contributed by atoms with E-state index in [0.717, 1.165) is 51.2 Å². The maximum absolute atomic E-state index is 5.69. The van der Waals surface area contributed by atoms with Gasteiger partial charge < -0.3 is 24.6 Å². The number of methoxy groups -OCH3 is 1. The minimum Gasteiger partial charge on any atom is -0.382 e. The Hall–Kier alpha value is -0.120. The average Bonchev–Trinajstić information content (AvgIpc) is 3.25. The van der Waals surface area contributed by atoms with Crippen molar-refractivity contribution in [1.82, 2.24) is 15.1 Å². The number of nitrogens with zero attached hydrogens (tertiary/aromatic N) is 3. The molecule has 2 heterocycles. The largest absolute Gasteiger partial charge is 0.382 e. The summed E-state index contributed by atoms with van der Waals surface area (Å²) in [7, 11) is 1.71. The molecule has 2 aliphatic rings. The monoisotopic (exact) mass is 468 g/mol. The zero-order chi connectivity index (χ0) is 17.2. The Bertz CT molecular complexity index is 384. The lowest BCUT2D eigenvalue weighted by atomic mass is 10.1. The van der Waals surface area contributed by atoms with Gasteiger partial charge in [-0.25, -0.2) is 0 Å². The third kappa shape index (κ3) is 7.97. The molecule has 2 fully saturated rings. The van der Waals surface area contributed by atoms with Gasteiger partial charge in [0.15, 0.2) is 5.96 Å². The summed E-state index contributed by atoms with van der Waals surface area (Å²) in [6.45, 7) is 14.2. The molecule has 0 aromatic carbocycles. The summed E-state index contributed by atoms with van der Waals surface area (Å²) in [5.41, 5.74) is 0. The highest BCUT2D eigenvalue weighted by Crippen LogP contribution is 2.18. The van der Waals surface area contributed by atoms with Crippen LogP contribution < -0.4 is 5.32 Å². The third-order valence-electron chi connectivity index (χ3n) is 5.02. The van der Waals surface area contributed by atoms with E-state index in [-0.39, 0.29) is 24.0 Å². The molecule has 0 radical (unpaired) electrons. The molecule has 0 amide bonds. The molecule has 7 heteroatoms. The molecule has 25 heavy (non-hydrogen) atoms. The first-order chi connectivity index (χ1) is 11.8. The zero-order valence-corrected chi connectivity index (χ0v) is 18.5. The van der Waals surface area contributed by atoms with Crippen molar-refractivity contribution >= 4 is 29.9 Å². The molecule has 0 aromatic rings. The van der Waals surface area contributed by atoms with Crippen LogP contribution in [0.25, 0.3) is 0 Å². The van der Waals surface area contributed by atoms with Gasteiger partial charge in [-0.3, -0.25) is 4.99 Å². The van der Waals surface area contributed by atoms with Gasteiger partial charge in [-0.2, -0.15) is 0 Å². The van der Waals surface area contributed by atoms with Gasteiger partial charge in [0.1, 0.15) is 0 Å². The van der Waals surface area contributed by atoms with E-state index in [2.05, 4.69) is 29.0 Å². The molecule has 0 saturated carbocycles. The van der Waals surface area contributed by atoms with E-state index in [1.54, 1.807) is 7.11 Å². The number of hydrogen-bond donors (Lipinski definition) is 1. The Kier molecular flexibility index (Phi) is 12.0. The Morgan fingerprint density at radius 3 is 2.60 bits per heavy atom. The van der Waals surface area contributed by atoms with E-state index in [0.29, 0.717) is 19.1 Å². The van der Waals surface area contributed by atoms with Crippen LogP contribution in [0.15, 0.2) is 4.99 Å². The first kappa shape index (κ1) is 22.9. The van der Waals surface area contributed by atoms with Gasteiger partial charge in [-0.15, -0.1) is 24.0 Å². The quantitative estimate of drug-likeness (QED) is 0.243. The molecule has 2 atom stereocenters. The summed E-state index contributed by atoms with van der Waals surface area (Å²) in [6, 6.07) is 0. The first-order valence-corrected chi connectivity index (χ1v) is 9.59. The van der Waals surface area contributed by atoms with Gasteiger partial charge in [0.2, 0.25) is 0 Å². The number of nitrogens with one attached hydrogen (secondary N) is 1. The fourth-order valence-corrected chi connectivity index (χ4v) is 3.54. The van der Waals surface area contributed by atoms with E-state index < -0.39 is 0 Å². The molecule has 148 valence electrons. The van der Waals surface area contributed by atoms with Crippen LogP contribution in [0.4, 0.5) is 0 Å². The SMILES string of the molecule is CCNC(=NCC1CCN(CC)C1)N1CCC(COCCOC)C1.I. The van der Waals surface area contributed by atoms with Crippen molar-refractivity contribution in [3.63, 3.8) is 0 Å².